The number of aromatic nitrogens is 2. The van der Waals surface area contributed by atoms with Gasteiger partial charge in [0.2, 0.25) is 0 Å². The maximum atomic E-state index is 12.9. The number of rotatable bonds is 9. The van der Waals surface area contributed by atoms with Crippen LogP contribution in [0.1, 0.15) is 39.6 Å². The van der Waals surface area contributed by atoms with Gasteiger partial charge in [0.05, 0.1) is 19.8 Å². The predicted octanol–water partition coefficient (Wildman–Crippen LogP) is 4.63. The molecule has 2 N–H and O–H groups in total. The average molecular weight is 680 g/mol. The van der Waals surface area contributed by atoms with E-state index < -0.39 is 41.4 Å². The molecule has 0 spiro atoms. The van der Waals surface area contributed by atoms with E-state index in [9.17, 15) is 14.7 Å². The minimum absolute atomic E-state index is 0.0737. The standard InChI is InChI=1S/C34H35BrN2O8/c1-19-5-11-26-24(15-19)34(22-7-9-23(35)10-8-22,25-16-20(2)6-12-27(25)44-26)43-18-28-29(38)30(42-14-13-41-4)32(45-28)37-17-21(3)31(39)36-33(37)40/h5-12,15-17,28-30,32,38H,13-14,18H2,1-4H3,(H,36,39,40)/t28-,29-,30-,32-/m1/s1. The number of aliphatic hydroxyl groups is 1. The highest BCUT2D eigenvalue weighted by Crippen LogP contribution is 2.53. The molecule has 10 nitrogen and oxygen atoms in total. The summed E-state index contributed by atoms with van der Waals surface area (Å²) in [5.41, 5.74) is 2.54. The summed E-state index contributed by atoms with van der Waals surface area (Å²) in [6, 6.07) is 19.9. The molecular weight excluding hydrogens is 644 g/mol. The van der Waals surface area contributed by atoms with Crippen molar-refractivity contribution in [3.05, 3.63) is 126 Å². The van der Waals surface area contributed by atoms with Crippen molar-refractivity contribution in [3.63, 3.8) is 0 Å². The van der Waals surface area contributed by atoms with Crippen LogP contribution >= 0.6 is 15.9 Å². The zero-order valence-electron chi connectivity index (χ0n) is 25.4. The maximum absolute atomic E-state index is 12.9. The molecule has 0 radical (unpaired) electrons. The number of halogens is 1. The van der Waals surface area contributed by atoms with Crippen LogP contribution in [-0.2, 0) is 24.5 Å². The van der Waals surface area contributed by atoms with Gasteiger partial charge < -0.3 is 28.8 Å². The third-order valence-corrected chi connectivity index (χ3v) is 8.82. The summed E-state index contributed by atoms with van der Waals surface area (Å²) in [4.78, 5) is 27.3. The molecule has 6 rings (SSSR count). The van der Waals surface area contributed by atoms with Crippen LogP contribution in [0.5, 0.6) is 11.5 Å². The monoisotopic (exact) mass is 678 g/mol. The Bertz CT molecular complexity index is 1770. The second kappa shape index (κ2) is 12.7. The summed E-state index contributed by atoms with van der Waals surface area (Å²) in [7, 11) is 1.55. The number of methoxy groups -OCH3 is 1. The highest BCUT2D eigenvalue weighted by Gasteiger charge is 2.50. The second-order valence-corrected chi connectivity index (χ2v) is 12.4. The van der Waals surface area contributed by atoms with Crippen molar-refractivity contribution in [1.29, 1.82) is 0 Å². The van der Waals surface area contributed by atoms with Crippen LogP contribution in [0, 0.1) is 20.8 Å². The first-order valence-electron chi connectivity index (χ1n) is 14.7. The Morgan fingerprint density at radius 2 is 1.60 bits per heavy atom. The molecule has 3 heterocycles. The minimum Gasteiger partial charge on any atom is -0.457 e. The van der Waals surface area contributed by atoms with Crippen molar-refractivity contribution >= 4 is 15.9 Å². The second-order valence-electron chi connectivity index (χ2n) is 11.5. The lowest BCUT2D eigenvalue weighted by molar-refractivity contribution is -0.101. The number of aryl methyl sites for hydroxylation is 3. The number of H-pyrrole nitrogens is 1. The van der Waals surface area contributed by atoms with Gasteiger partial charge in [0.15, 0.2) is 11.8 Å². The first-order valence-corrected chi connectivity index (χ1v) is 15.5. The zero-order chi connectivity index (χ0) is 31.9. The summed E-state index contributed by atoms with van der Waals surface area (Å²) >= 11 is 3.56. The van der Waals surface area contributed by atoms with Gasteiger partial charge in [-0.15, -0.1) is 0 Å². The Labute approximate surface area is 268 Å². The third kappa shape index (κ3) is 5.80. The molecule has 0 unspecified atom stereocenters. The average Bonchev–Trinajstić information content (AvgIpc) is 3.32. The van der Waals surface area contributed by atoms with Crippen molar-refractivity contribution in [1.82, 2.24) is 9.55 Å². The summed E-state index contributed by atoms with van der Waals surface area (Å²) in [6.07, 6.45) is -2.65. The quantitative estimate of drug-likeness (QED) is 0.246. The van der Waals surface area contributed by atoms with Gasteiger partial charge in [0.1, 0.15) is 29.8 Å². The van der Waals surface area contributed by atoms with E-state index in [0.29, 0.717) is 17.1 Å². The van der Waals surface area contributed by atoms with Crippen LogP contribution in [0.2, 0.25) is 0 Å². The number of fused-ring (bicyclic) bond motifs is 2. The highest BCUT2D eigenvalue weighted by atomic mass is 79.9. The lowest BCUT2D eigenvalue weighted by atomic mass is 9.77. The molecular formula is C34H35BrN2O8. The maximum Gasteiger partial charge on any atom is 0.330 e. The predicted molar refractivity (Wildman–Crippen MR) is 170 cm³/mol. The zero-order valence-corrected chi connectivity index (χ0v) is 27.0. The largest absolute Gasteiger partial charge is 0.457 e. The number of ether oxygens (including phenoxy) is 5. The molecule has 0 saturated carbocycles. The molecule has 1 saturated heterocycles. The van der Waals surface area contributed by atoms with Crippen molar-refractivity contribution < 1.29 is 28.8 Å². The molecule has 236 valence electrons. The molecule has 0 amide bonds. The van der Waals surface area contributed by atoms with Crippen LogP contribution in [0.15, 0.2) is 80.9 Å². The molecule has 2 aliphatic rings. The van der Waals surface area contributed by atoms with Crippen LogP contribution in [0.4, 0.5) is 0 Å². The van der Waals surface area contributed by atoms with Gasteiger partial charge >= 0.3 is 5.69 Å². The van der Waals surface area contributed by atoms with Crippen molar-refractivity contribution in [2.24, 2.45) is 0 Å². The lowest BCUT2D eigenvalue weighted by Crippen LogP contribution is -2.42. The van der Waals surface area contributed by atoms with Crippen LogP contribution in [0.3, 0.4) is 0 Å². The Kier molecular flexibility index (Phi) is 8.84. The van der Waals surface area contributed by atoms with E-state index in [2.05, 4.69) is 33.0 Å². The third-order valence-electron chi connectivity index (χ3n) is 8.29. The molecule has 2 aliphatic heterocycles. The SMILES string of the molecule is COCCO[C@@H]1[C@H](O)[C@@H](COC2(c3ccc(Br)cc3)c3cc(C)ccc3Oc3ccc(C)cc32)O[C@H]1n1cc(C)c(=O)[nH]c1=O. The number of aliphatic hydroxyl groups excluding tert-OH is 1. The number of nitrogens with zero attached hydrogens (tertiary/aromatic N) is 1. The van der Waals surface area contributed by atoms with E-state index in [1.54, 1.807) is 14.0 Å². The van der Waals surface area contributed by atoms with Gasteiger partial charge in [0, 0.05) is 34.5 Å². The smallest absolute Gasteiger partial charge is 0.330 e. The normalized spacial score (nSPS) is 21.6. The van der Waals surface area contributed by atoms with Gasteiger partial charge in [-0.1, -0.05) is 51.3 Å². The minimum atomic E-state index is -1.18. The van der Waals surface area contributed by atoms with Gasteiger partial charge in [0.25, 0.3) is 5.56 Å². The van der Waals surface area contributed by atoms with Crippen molar-refractivity contribution in [2.45, 2.75) is 50.9 Å². The number of benzene rings is 3. The van der Waals surface area contributed by atoms with Crippen LogP contribution in [0.25, 0.3) is 0 Å². The molecule has 11 heteroatoms. The molecule has 3 aromatic carbocycles. The fourth-order valence-electron chi connectivity index (χ4n) is 6.02. The Morgan fingerprint density at radius 1 is 0.956 bits per heavy atom. The van der Waals surface area contributed by atoms with E-state index in [1.807, 2.05) is 62.4 Å². The highest BCUT2D eigenvalue weighted by molar-refractivity contribution is 9.10. The number of hydrogen-bond donors (Lipinski definition) is 2. The molecule has 4 atom stereocenters. The molecule has 1 aromatic heterocycles. The van der Waals surface area contributed by atoms with E-state index in [1.165, 1.54) is 10.8 Å². The first kappa shape index (κ1) is 31.4. The topological polar surface area (TPSA) is 121 Å². The molecule has 45 heavy (non-hydrogen) atoms. The van der Waals surface area contributed by atoms with Crippen LogP contribution in [-0.4, -0.2) is 59.9 Å². The summed E-state index contributed by atoms with van der Waals surface area (Å²) in [6.45, 7) is 5.97. The van der Waals surface area contributed by atoms with Crippen molar-refractivity contribution in [3.8, 4) is 11.5 Å². The van der Waals surface area contributed by atoms with E-state index in [4.69, 9.17) is 23.7 Å². The summed E-state index contributed by atoms with van der Waals surface area (Å²) < 4.78 is 33.1. The molecule has 0 aliphatic carbocycles. The van der Waals surface area contributed by atoms with E-state index in [0.717, 1.165) is 32.3 Å². The molecule has 0 bridgehead atoms. The van der Waals surface area contributed by atoms with Gasteiger partial charge in [-0.2, -0.15) is 0 Å². The fourth-order valence-corrected chi connectivity index (χ4v) is 6.29. The van der Waals surface area contributed by atoms with Gasteiger partial charge in [-0.05, 0) is 62.7 Å². The lowest BCUT2D eigenvalue weighted by Gasteiger charge is -2.41. The van der Waals surface area contributed by atoms with Crippen molar-refractivity contribution in [2.75, 3.05) is 26.9 Å². The number of nitrogens with one attached hydrogen (secondary N) is 1. The van der Waals surface area contributed by atoms with E-state index in [-0.39, 0.29) is 19.8 Å². The van der Waals surface area contributed by atoms with E-state index >= 15 is 0 Å². The molecule has 1 fully saturated rings. The number of aromatic amines is 1. The first-order chi connectivity index (χ1) is 21.6. The summed E-state index contributed by atoms with van der Waals surface area (Å²) in [5, 5.41) is 11.6. The Hall–Kier alpha value is -3.58. The summed E-state index contributed by atoms with van der Waals surface area (Å²) in [5.74, 6) is 1.31. The van der Waals surface area contributed by atoms with Crippen LogP contribution < -0.4 is 16.0 Å². The van der Waals surface area contributed by atoms with Gasteiger partial charge in [-0.3, -0.25) is 14.3 Å². The Morgan fingerprint density at radius 3 is 2.22 bits per heavy atom. The van der Waals surface area contributed by atoms with Gasteiger partial charge in [-0.25, -0.2) is 4.79 Å². The fraction of sp³-hybridized carbons (Fsp3) is 0.353. The number of hydrogen-bond acceptors (Lipinski definition) is 8. The molecule has 4 aromatic rings. The Balaban J connectivity index is 1.44.